The molecule has 0 unspecified atom stereocenters. The molecule has 4 nitrogen and oxygen atoms in total. The van der Waals surface area contributed by atoms with E-state index in [2.05, 4.69) is 35.1 Å². The largest absolute Gasteiger partial charge is 0.346 e. The lowest BCUT2D eigenvalue weighted by molar-refractivity contribution is -0.123. The first-order valence-electron chi connectivity index (χ1n) is 8.09. The molecule has 4 heteroatoms. The van der Waals surface area contributed by atoms with Gasteiger partial charge in [0.1, 0.15) is 5.82 Å². The highest BCUT2D eigenvalue weighted by Gasteiger charge is 2.36. The zero-order valence-corrected chi connectivity index (χ0v) is 13.1. The SMILES string of the molecule is Cc1nc2c([nH]1)C[C@H](C(=O)N1c3ccccc3C[C@@H]1C)CC2. The second kappa shape index (κ2) is 4.97. The van der Waals surface area contributed by atoms with Crippen LogP contribution in [-0.4, -0.2) is 21.9 Å². The molecule has 0 bridgehead atoms. The summed E-state index contributed by atoms with van der Waals surface area (Å²) in [6, 6.07) is 8.55. The fourth-order valence-electron chi connectivity index (χ4n) is 3.93. The van der Waals surface area contributed by atoms with Crippen LogP contribution >= 0.6 is 0 Å². The highest BCUT2D eigenvalue weighted by molar-refractivity contribution is 5.97. The highest BCUT2D eigenvalue weighted by atomic mass is 16.2. The van der Waals surface area contributed by atoms with Gasteiger partial charge in [0.2, 0.25) is 5.91 Å². The number of H-pyrrole nitrogens is 1. The minimum absolute atomic E-state index is 0.0703. The van der Waals surface area contributed by atoms with Crippen LogP contribution < -0.4 is 4.90 Å². The molecule has 4 rings (SSSR count). The highest BCUT2D eigenvalue weighted by Crippen LogP contribution is 2.35. The summed E-state index contributed by atoms with van der Waals surface area (Å²) in [6.45, 7) is 4.13. The van der Waals surface area contributed by atoms with E-state index in [4.69, 9.17) is 0 Å². The molecule has 0 radical (unpaired) electrons. The van der Waals surface area contributed by atoms with Crippen molar-refractivity contribution in [2.75, 3.05) is 4.90 Å². The van der Waals surface area contributed by atoms with Crippen molar-refractivity contribution in [3.63, 3.8) is 0 Å². The number of amides is 1. The quantitative estimate of drug-likeness (QED) is 0.879. The molecule has 2 heterocycles. The van der Waals surface area contributed by atoms with Crippen molar-refractivity contribution in [2.24, 2.45) is 5.92 Å². The van der Waals surface area contributed by atoms with Crippen molar-refractivity contribution in [1.29, 1.82) is 0 Å². The number of carbonyl (C=O) groups excluding carboxylic acids is 1. The average Bonchev–Trinajstić information content (AvgIpc) is 3.03. The Bertz CT molecular complexity index is 734. The number of hydrogen-bond donors (Lipinski definition) is 1. The first-order valence-corrected chi connectivity index (χ1v) is 8.09. The van der Waals surface area contributed by atoms with Crippen molar-refractivity contribution in [3.8, 4) is 0 Å². The molecular weight excluding hydrogens is 274 g/mol. The van der Waals surface area contributed by atoms with Gasteiger partial charge in [0.15, 0.2) is 0 Å². The number of hydrogen-bond acceptors (Lipinski definition) is 2. The number of rotatable bonds is 1. The lowest BCUT2D eigenvalue weighted by Crippen LogP contribution is -2.41. The normalized spacial score (nSPS) is 23.3. The molecule has 1 aromatic heterocycles. The minimum atomic E-state index is 0.0703. The maximum atomic E-state index is 13.1. The Morgan fingerprint density at radius 3 is 3.00 bits per heavy atom. The number of para-hydroxylation sites is 1. The zero-order valence-electron chi connectivity index (χ0n) is 13.1. The van der Waals surface area contributed by atoms with Gasteiger partial charge in [0.05, 0.1) is 5.69 Å². The van der Waals surface area contributed by atoms with Crippen LogP contribution in [0.4, 0.5) is 5.69 Å². The number of aryl methyl sites for hydroxylation is 2. The number of nitrogens with one attached hydrogen (secondary N) is 1. The van der Waals surface area contributed by atoms with Gasteiger partial charge in [-0.1, -0.05) is 18.2 Å². The Morgan fingerprint density at radius 1 is 1.32 bits per heavy atom. The molecule has 1 N–H and O–H groups in total. The van der Waals surface area contributed by atoms with Crippen molar-refractivity contribution in [2.45, 2.75) is 45.6 Å². The molecular formula is C18H21N3O. The van der Waals surface area contributed by atoms with Gasteiger partial charge in [-0.2, -0.15) is 0 Å². The van der Waals surface area contributed by atoms with Gasteiger partial charge >= 0.3 is 0 Å². The van der Waals surface area contributed by atoms with Crippen LogP contribution in [0, 0.1) is 12.8 Å². The summed E-state index contributed by atoms with van der Waals surface area (Å²) < 4.78 is 0. The molecule has 2 aliphatic rings. The molecule has 0 fully saturated rings. The number of nitrogens with zero attached hydrogens (tertiary/aromatic N) is 2. The molecule has 2 aromatic rings. The molecule has 0 saturated carbocycles. The maximum absolute atomic E-state index is 13.1. The summed E-state index contributed by atoms with van der Waals surface area (Å²) in [4.78, 5) is 22.9. The van der Waals surface area contributed by atoms with E-state index in [0.717, 1.165) is 48.6 Å². The lowest BCUT2D eigenvalue weighted by Gasteiger charge is -2.29. The van der Waals surface area contributed by atoms with E-state index in [9.17, 15) is 4.79 Å². The predicted octanol–water partition coefficient (Wildman–Crippen LogP) is 2.80. The number of anilines is 1. The van der Waals surface area contributed by atoms with Crippen LogP contribution in [0.15, 0.2) is 24.3 Å². The van der Waals surface area contributed by atoms with E-state index in [1.165, 1.54) is 5.56 Å². The molecule has 0 spiro atoms. The first kappa shape index (κ1) is 13.6. The van der Waals surface area contributed by atoms with Crippen LogP contribution in [0.2, 0.25) is 0 Å². The Balaban J connectivity index is 1.60. The van der Waals surface area contributed by atoms with Crippen molar-refractivity contribution in [1.82, 2.24) is 9.97 Å². The van der Waals surface area contributed by atoms with Crippen molar-refractivity contribution < 1.29 is 4.79 Å². The molecule has 0 saturated heterocycles. The van der Waals surface area contributed by atoms with Gasteiger partial charge in [0, 0.05) is 29.8 Å². The molecule has 1 amide bonds. The molecule has 2 atom stereocenters. The van der Waals surface area contributed by atoms with Gasteiger partial charge in [-0.05, 0) is 44.7 Å². The second-order valence-corrected chi connectivity index (χ2v) is 6.58. The monoisotopic (exact) mass is 295 g/mol. The fourth-order valence-corrected chi connectivity index (χ4v) is 3.93. The maximum Gasteiger partial charge on any atom is 0.230 e. The zero-order chi connectivity index (χ0) is 15.3. The molecule has 1 aliphatic heterocycles. The summed E-state index contributed by atoms with van der Waals surface area (Å²) in [7, 11) is 0. The van der Waals surface area contributed by atoms with E-state index in [1.807, 2.05) is 17.9 Å². The summed E-state index contributed by atoms with van der Waals surface area (Å²) in [5, 5.41) is 0. The summed E-state index contributed by atoms with van der Waals surface area (Å²) in [5.41, 5.74) is 4.70. The molecule has 1 aromatic carbocycles. The van der Waals surface area contributed by atoms with Gasteiger partial charge in [-0.15, -0.1) is 0 Å². The van der Waals surface area contributed by atoms with Gasteiger partial charge in [-0.25, -0.2) is 4.98 Å². The number of carbonyl (C=O) groups is 1. The first-order chi connectivity index (χ1) is 10.6. The Morgan fingerprint density at radius 2 is 2.14 bits per heavy atom. The summed E-state index contributed by atoms with van der Waals surface area (Å²) in [6.07, 6.45) is 3.56. The Labute approximate surface area is 130 Å². The average molecular weight is 295 g/mol. The third-order valence-corrected chi connectivity index (χ3v) is 4.96. The van der Waals surface area contributed by atoms with Gasteiger partial charge < -0.3 is 9.88 Å². The topological polar surface area (TPSA) is 49.0 Å². The Kier molecular flexibility index (Phi) is 3.06. The van der Waals surface area contributed by atoms with Crippen LogP contribution in [0.25, 0.3) is 0 Å². The third kappa shape index (κ3) is 2.05. The van der Waals surface area contributed by atoms with Crippen LogP contribution in [0.5, 0.6) is 0 Å². The van der Waals surface area contributed by atoms with Crippen molar-refractivity contribution in [3.05, 3.63) is 47.0 Å². The number of imidazole rings is 1. The van der Waals surface area contributed by atoms with Crippen molar-refractivity contribution >= 4 is 11.6 Å². The smallest absolute Gasteiger partial charge is 0.230 e. The fraction of sp³-hybridized carbons (Fsp3) is 0.444. The van der Waals surface area contributed by atoms with E-state index in [0.29, 0.717) is 0 Å². The molecule has 22 heavy (non-hydrogen) atoms. The Hall–Kier alpha value is -2.10. The van der Waals surface area contributed by atoms with E-state index < -0.39 is 0 Å². The van der Waals surface area contributed by atoms with E-state index >= 15 is 0 Å². The number of benzene rings is 1. The van der Waals surface area contributed by atoms with E-state index in [1.54, 1.807) is 0 Å². The van der Waals surface area contributed by atoms with Crippen LogP contribution in [0.3, 0.4) is 0 Å². The second-order valence-electron chi connectivity index (χ2n) is 6.58. The van der Waals surface area contributed by atoms with Gasteiger partial charge in [-0.3, -0.25) is 4.79 Å². The lowest BCUT2D eigenvalue weighted by atomic mass is 9.88. The molecule has 114 valence electrons. The predicted molar refractivity (Wildman–Crippen MR) is 85.9 cm³/mol. The number of fused-ring (bicyclic) bond motifs is 2. The van der Waals surface area contributed by atoms with Crippen LogP contribution in [-0.2, 0) is 24.1 Å². The summed E-state index contributed by atoms with van der Waals surface area (Å²) >= 11 is 0. The number of aromatic nitrogens is 2. The van der Waals surface area contributed by atoms with Gasteiger partial charge in [0.25, 0.3) is 0 Å². The third-order valence-electron chi connectivity index (χ3n) is 4.96. The minimum Gasteiger partial charge on any atom is -0.346 e. The van der Waals surface area contributed by atoms with Crippen LogP contribution in [0.1, 0.15) is 36.1 Å². The van der Waals surface area contributed by atoms with E-state index in [-0.39, 0.29) is 17.9 Å². The number of aromatic amines is 1. The standard InChI is InChI=1S/C18H21N3O/c1-11-9-13-5-3-4-6-17(13)21(11)18(22)14-7-8-15-16(10-14)20-12(2)19-15/h3-6,11,14H,7-10H2,1-2H3,(H,19,20)/t11-,14+/m0/s1. The summed E-state index contributed by atoms with van der Waals surface area (Å²) in [5.74, 6) is 1.30. The molecule has 1 aliphatic carbocycles.